The fourth-order valence-electron chi connectivity index (χ4n) is 4.46. The number of carbonyl (C=O) groups excluding carboxylic acids is 1. The molecular weight excluding hydrogens is 462 g/mol. The smallest absolute Gasteiger partial charge is 0.295 e. The van der Waals surface area contributed by atoms with Gasteiger partial charge in [-0.05, 0) is 37.2 Å². The largest absolute Gasteiger partial charge is 0.365 e. The second-order valence-electron chi connectivity index (χ2n) is 8.39. The molecule has 1 aromatic carbocycles. The monoisotopic (exact) mass is 485 g/mol. The quantitative estimate of drug-likeness (QED) is 0.550. The van der Waals surface area contributed by atoms with Crippen LogP contribution in [0.5, 0.6) is 0 Å². The number of nitrogens with zero attached hydrogens (tertiary/aromatic N) is 5. The fraction of sp³-hybridized carbons (Fsp3) is 0.409. The van der Waals surface area contributed by atoms with Crippen LogP contribution in [0.4, 0.5) is 5.69 Å². The lowest BCUT2D eigenvalue weighted by Crippen LogP contribution is -2.53. The van der Waals surface area contributed by atoms with E-state index in [9.17, 15) is 9.59 Å². The summed E-state index contributed by atoms with van der Waals surface area (Å²) >= 11 is 11.9. The molecule has 0 unspecified atom stereocenters. The lowest BCUT2D eigenvalue weighted by atomic mass is 10.1. The van der Waals surface area contributed by atoms with Crippen LogP contribution in [0.3, 0.4) is 0 Å². The van der Waals surface area contributed by atoms with Crippen molar-refractivity contribution in [2.75, 3.05) is 31.1 Å². The van der Waals surface area contributed by atoms with E-state index in [0.717, 1.165) is 36.7 Å². The van der Waals surface area contributed by atoms with Crippen LogP contribution in [0.15, 0.2) is 35.3 Å². The number of thiocarbonyl (C=S) groups is 1. The minimum absolute atomic E-state index is 0.0290. The number of fused-ring (bicyclic) bond motifs is 1. The Balaban J connectivity index is 1.26. The van der Waals surface area contributed by atoms with Gasteiger partial charge in [0.15, 0.2) is 5.11 Å². The van der Waals surface area contributed by atoms with E-state index >= 15 is 0 Å². The van der Waals surface area contributed by atoms with E-state index in [1.807, 2.05) is 34.1 Å². The Morgan fingerprint density at radius 1 is 1.15 bits per heavy atom. The third-order valence-electron chi connectivity index (χ3n) is 6.34. The van der Waals surface area contributed by atoms with Gasteiger partial charge < -0.3 is 20.1 Å². The van der Waals surface area contributed by atoms with Gasteiger partial charge in [0, 0.05) is 32.1 Å². The van der Waals surface area contributed by atoms with Gasteiger partial charge in [0.05, 0.1) is 22.9 Å². The molecule has 3 aromatic rings. The number of aromatic amines is 1. The molecule has 1 saturated carbocycles. The number of hydrogen-bond acceptors (Lipinski definition) is 6. The van der Waals surface area contributed by atoms with Crippen LogP contribution in [-0.2, 0) is 4.79 Å². The van der Waals surface area contributed by atoms with Crippen molar-refractivity contribution in [3.63, 3.8) is 0 Å². The molecule has 1 amide bonds. The molecular formula is C22H24ClN7O2S. The minimum Gasteiger partial charge on any atom is -0.365 e. The van der Waals surface area contributed by atoms with Crippen molar-refractivity contribution in [3.8, 4) is 5.95 Å². The summed E-state index contributed by atoms with van der Waals surface area (Å²) in [4.78, 5) is 36.8. The average molecular weight is 486 g/mol. The normalized spacial score (nSPS) is 17.0. The van der Waals surface area contributed by atoms with Gasteiger partial charge in [-0.15, -0.1) is 0 Å². The number of nitrogens with one attached hydrogen (secondary N) is 2. The Bertz CT molecular complexity index is 1230. The Hall–Kier alpha value is -2.98. The maximum Gasteiger partial charge on any atom is 0.295 e. The van der Waals surface area contributed by atoms with Gasteiger partial charge in [-0.3, -0.25) is 9.59 Å². The Kier molecular flexibility index (Phi) is 6.03. The maximum absolute atomic E-state index is 12.9. The molecule has 5 rings (SSSR count). The van der Waals surface area contributed by atoms with Crippen LogP contribution in [-0.4, -0.2) is 61.8 Å². The van der Waals surface area contributed by atoms with Gasteiger partial charge in [0.2, 0.25) is 11.9 Å². The number of imidazole rings is 1. The van der Waals surface area contributed by atoms with Crippen LogP contribution < -0.4 is 15.8 Å². The van der Waals surface area contributed by atoms with Gasteiger partial charge in [0.25, 0.3) is 5.56 Å². The first-order valence-electron chi connectivity index (χ1n) is 11.1. The molecule has 1 saturated heterocycles. The van der Waals surface area contributed by atoms with E-state index in [2.05, 4.69) is 20.4 Å². The number of hydrogen-bond donors (Lipinski definition) is 2. The van der Waals surface area contributed by atoms with E-state index in [1.54, 1.807) is 6.20 Å². The second-order valence-corrected chi connectivity index (χ2v) is 9.15. The molecule has 33 heavy (non-hydrogen) atoms. The van der Waals surface area contributed by atoms with Crippen molar-refractivity contribution in [1.29, 1.82) is 0 Å². The number of carbonyl (C=O) groups is 1. The average Bonchev–Trinajstić information content (AvgIpc) is 3.51. The molecule has 2 aliphatic rings. The summed E-state index contributed by atoms with van der Waals surface area (Å²) in [6.07, 6.45) is 5.67. The molecule has 1 aliphatic carbocycles. The van der Waals surface area contributed by atoms with Crippen molar-refractivity contribution < 1.29 is 4.79 Å². The molecule has 0 radical (unpaired) electrons. The number of piperazine rings is 1. The maximum atomic E-state index is 12.9. The summed E-state index contributed by atoms with van der Waals surface area (Å²) in [5, 5.41) is 7.77. The minimum atomic E-state index is -0.435. The van der Waals surface area contributed by atoms with E-state index in [4.69, 9.17) is 23.8 Å². The first-order chi connectivity index (χ1) is 16.0. The van der Waals surface area contributed by atoms with Crippen LogP contribution in [0.25, 0.3) is 17.0 Å². The number of aromatic nitrogens is 4. The van der Waals surface area contributed by atoms with Crippen molar-refractivity contribution in [1.82, 2.24) is 30.0 Å². The number of benzene rings is 1. The van der Waals surface area contributed by atoms with Gasteiger partial charge in [0.1, 0.15) is 5.02 Å². The van der Waals surface area contributed by atoms with Gasteiger partial charge >= 0.3 is 0 Å². The topological polar surface area (TPSA) is 99.2 Å². The predicted molar refractivity (Wildman–Crippen MR) is 131 cm³/mol. The summed E-state index contributed by atoms with van der Waals surface area (Å²) in [6, 6.07) is 7.51. The zero-order chi connectivity index (χ0) is 22.9. The highest BCUT2D eigenvalue weighted by molar-refractivity contribution is 7.80. The van der Waals surface area contributed by atoms with Crippen molar-refractivity contribution in [2.45, 2.75) is 25.7 Å². The molecule has 0 spiro atoms. The lowest BCUT2D eigenvalue weighted by Gasteiger charge is -2.37. The summed E-state index contributed by atoms with van der Waals surface area (Å²) in [5.41, 5.74) is 1.70. The zero-order valence-electron chi connectivity index (χ0n) is 18.0. The van der Waals surface area contributed by atoms with E-state index in [0.29, 0.717) is 42.9 Å². The van der Waals surface area contributed by atoms with Crippen LogP contribution in [0.1, 0.15) is 25.7 Å². The number of anilines is 1. The zero-order valence-corrected chi connectivity index (χ0v) is 19.5. The highest BCUT2D eigenvalue weighted by Gasteiger charge is 2.27. The Labute approximate surface area is 200 Å². The second kappa shape index (κ2) is 9.11. The van der Waals surface area contributed by atoms with Crippen molar-refractivity contribution in [3.05, 3.63) is 45.8 Å². The number of halogens is 1. The molecule has 2 fully saturated rings. The molecule has 9 nitrogen and oxygen atoms in total. The first-order valence-corrected chi connectivity index (χ1v) is 11.9. The molecule has 2 N–H and O–H groups in total. The van der Waals surface area contributed by atoms with Crippen LogP contribution in [0, 0.1) is 5.92 Å². The van der Waals surface area contributed by atoms with Crippen LogP contribution in [0.2, 0.25) is 5.02 Å². The third kappa shape index (κ3) is 4.32. The lowest BCUT2D eigenvalue weighted by molar-refractivity contribution is -0.123. The molecule has 11 heteroatoms. The van der Waals surface area contributed by atoms with Gasteiger partial charge in [-0.1, -0.05) is 36.6 Å². The number of amides is 1. The standard InChI is InChI=1S/C22H24ClN7O2S/c23-18-17(13-24-30(20(18)32)21-25-15-7-3-4-8-16(15)26-21)28-9-11-29(12-10-28)22(33)27-19(31)14-5-1-2-6-14/h3-4,7-8,13-14H,1-2,5-6,9-12H2,(H,25,26)(H,27,31,33). The fourth-order valence-corrected chi connectivity index (χ4v) is 4.99. The molecule has 172 valence electrons. The molecule has 3 heterocycles. The number of H-pyrrole nitrogens is 1. The highest BCUT2D eigenvalue weighted by atomic mass is 35.5. The molecule has 0 atom stereocenters. The van der Waals surface area contributed by atoms with Gasteiger partial charge in [-0.2, -0.15) is 9.78 Å². The van der Waals surface area contributed by atoms with E-state index in [-0.39, 0.29) is 16.8 Å². The molecule has 1 aliphatic heterocycles. The summed E-state index contributed by atoms with van der Waals surface area (Å²) in [6.45, 7) is 2.45. The van der Waals surface area contributed by atoms with Gasteiger partial charge in [-0.25, -0.2) is 4.98 Å². The SMILES string of the molecule is O=C(NC(=S)N1CCN(c2cnn(-c3nc4ccccc4[nH]3)c(=O)c2Cl)CC1)C1CCCC1. The van der Waals surface area contributed by atoms with Crippen LogP contribution >= 0.6 is 23.8 Å². The predicted octanol–water partition coefficient (Wildman–Crippen LogP) is 2.48. The number of para-hydroxylation sites is 2. The highest BCUT2D eigenvalue weighted by Crippen LogP contribution is 2.25. The summed E-state index contributed by atoms with van der Waals surface area (Å²) in [5.74, 6) is 0.427. The summed E-state index contributed by atoms with van der Waals surface area (Å²) < 4.78 is 1.18. The number of rotatable bonds is 3. The van der Waals surface area contributed by atoms with Crippen molar-refractivity contribution in [2.24, 2.45) is 5.92 Å². The van der Waals surface area contributed by atoms with E-state index in [1.165, 1.54) is 4.68 Å². The third-order valence-corrected chi connectivity index (χ3v) is 7.06. The van der Waals surface area contributed by atoms with E-state index < -0.39 is 5.56 Å². The molecule has 2 aromatic heterocycles. The first kappa shape index (κ1) is 21.8. The van der Waals surface area contributed by atoms with Crippen molar-refractivity contribution >= 4 is 51.6 Å². The Morgan fingerprint density at radius 2 is 1.88 bits per heavy atom. The molecule has 0 bridgehead atoms. The Morgan fingerprint density at radius 3 is 2.61 bits per heavy atom. The summed E-state index contributed by atoms with van der Waals surface area (Å²) in [7, 11) is 0.